The molecule has 1 aromatic carbocycles. The second kappa shape index (κ2) is 8.66. The number of aromatic amines is 1. The number of pyridine rings is 1. The van der Waals surface area contributed by atoms with Crippen molar-refractivity contribution in [3.8, 4) is 22.4 Å². The number of hydrogen-bond acceptors (Lipinski definition) is 4. The molecule has 0 aliphatic carbocycles. The Morgan fingerprint density at radius 1 is 1.21 bits per heavy atom. The van der Waals surface area contributed by atoms with E-state index >= 15 is 0 Å². The predicted molar refractivity (Wildman–Crippen MR) is 115 cm³/mol. The lowest BCUT2D eigenvalue weighted by molar-refractivity contribution is 0.266. The Morgan fingerprint density at radius 2 is 1.97 bits per heavy atom. The predicted octanol–water partition coefficient (Wildman–Crippen LogP) is 5.17. The molecule has 2 aromatic heterocycles. The minimum absolute atomic E-state index is 0.267. The number of amidine groups is 1. The van der Waals surface area contributed by atoms with Gasteiger partial charge in [-0.25, -0.2) is 0 Å². The standard InChI is InChI=1S/C22H24ClN5O/c1-2-19(27-29)28-13-3-4-17(14-28)22-20(15-9-11-24-12-10-15)21(25-26-22)16-5-7-18(23)8-6-16/h5-12,17,29H,2-4,13-14H2,1H3,(H,25,26)/b27-19+. The quantitative estimate of drug-likeness (QED) is 0.270. The lowest BCUT2D eigenvalue weighted by Crippen LogP contribution is -2.39. The van der Waals surface area contributed by atoms with Crippen molar-refractivity contribution in [2.75, 3.05) is 13.1 Å². The third-order valence-corrected chi connectivity index (χ3v) is 5.76. The first-order chi connectivity index (χ1) is 14.2. The van der Waals surface area contributed by atoms with Gasteiger partial charge in [0.15, 0.2) is 0 Å². The third kappa shape index (κ3) is 3.98. The molecule has 1 atom stereocenters. The van der Waals surface area contributed by atoms with Crippen LogP contribution < -0.4 is 0 Å². The van der Waals surface area contributed by atoms with Crippen LogP contribution in [0.4, 0.5) is 0 Å². The zero-order valence-electron chi connectivity index (χ0n) is 16.3. The number of H-pyrrole nitrogens is 1. The second-order valence-electron chi connectivity index (χ2n) is 7.26. The Kier molecular flexibility index (Phi) is 5.81. The van der Waals surface area contributed by atoms with Gasteiger partial charge in [0.05, 0.1) is 0 Å². The molecule has 0 saturated carbocycles. The van der Waals surface area contributed by atoms with E-state index in [1.807, 2.05) is 43.3 Å². The van der Waals surface area contributed by atoms with Gasteiger partial charge in [0.2, 0.25) is 0 Å². The largest absolute Gasteiger partial charge is 0.409 e. The minimum atomic E-state index is 0.267. The zero-order valence-corrected chi connectivity index (χ0v) is 17.1. The normalized spacial score (nSPS) is 17.5. The van der Waals surface area contributed by atoms with Gasteiger partial charge in [-0.2, -0.15) is 5.10 Å². The van der Waals surface area contributed by atoms with Crippen molar-refractivity contribution in [3.63, 3.8) is 0 Å². The zero-order chi connectivity index (χ0) is 20.2. The lowest BCUT2D eigenvalue weighted by atomic mass is 9.88. The van der Waals surface area contributed by atoms with Gasteiger partial charge in [-0.1, -0.05) is 35.8 Å². The molecule has 2 N–H and O–H groups in total. The second-order valence-corrected chi connectivity index (χ2v) is 7.70. The van der Waals surface area contributed by atoms with E-state index in [-0.39, 0.29) is 5.92 Å². The van der Waals surface area contributed by atoms with E-state index in [1.165, 1.54) is 0 Å². The Labute approximate surface area is 175 Å². The smallest absolute Gasteiger partial charge is 0.144 e. The number of halogens is 1. The van der Waals surface area contributed by atoms with Crippen LogP contribution >= 0.6 is 11.6 Å². The summed E-state index contributed by atoms with van der Waals surface area (Å²) in [6.07, 6.45) is 6.41. The van der Waals surface area contributed by atoms with Crippen molar-refractivity contribution in [1.29, 1.82) is 0 Å². The average molecular weight is 410 g/mol. The van der Waals surface area contributed by atoms with Crippen LogP contribution in [0, 0.1) is 0 Å². The molecule has 1 saturated heterocycles. The molecule has 0 bridgehead atoms. The molecule has 7 heteroatoms. The average Bonchev–Trinajstić information content (AvgIpc) is 3.21. The number of oxime groups is 1. The number of likely N-dealkylation sites (tertiary alicyclic amines) is 1. The molecule has 150 valence electrons. The monoisotopic (exact) mass is 409 g/mol. The van der Waals surface area contributed by atoms with Gasteiger partial charge in [-0.3, -0.25) is 10.1 Å². The number of piperidine rings is 1. The molecular formula is C22H24ClN5O. The first-order valence-corrected chi connectivity index (χ1v) is 10.3. The summed E-state index contributed by atoms with van der Waals surface area (Å²) < 4.78 is 0. The van der Waals surface area contributed by atoms with Crippen LogP contribution in [-0.2, 0) is 0 Å². The molecular weight excluding hydrogens is 386 g/mol. The number of nitrogens with zero attached hydrogens (tertiary/aromatic N) is 4. The van der Waals surface area contributed by atoms with Crippen LogP contribution in [0.5, 0.6) is 0 Å². The fourth-order valence-electron chi connectivity index (χ4n) is 4.08. The summed E-state index contributed by atoms with van der Waals surface area (Å²) in [4.78, 5) is 6.34. The topological polar surface area (TPSA) is 77.4 Å². The number of rotatable bonds is 4. The highest BCUT2D eigenvalue weighted by atomic mass is 35.5. The van der Waals surface area contributed by atoms with Crippen molar-refractivity contribution in [2.24, 2.45) is 5.16 Å². The van der Waals surface area contributed by atoms with E-state index in [1.54, 1.807) is 12.4 Å². The molecule has 6 nitrogen and oxygen atoms in total. The van der Waals surface area contributed by atoms with Crippen LogP contribution in [0.15, 0.2) is 53.9 Å². The Morgan fingerprint density at radius 3 is 2.66 bits per heavy atom. The molecule has 0 radical (unpaired) electrons. The number of nitrogens with one attached hydrogen (secondary N) is 1. The Hall–Kier alpha value is -2.86. The summed E-state index contributed by atoms with van der Waals surface area (Å²) in [6, 6.07) is 11.8. The number of benzene rings is 1. The molecule has 3 heterocycles. The fraction of sp³-hybridized carbons (Fsp3) is 0.318. The van der Waals surface area contributed by atoms with Gasteiger partial charge < -0.3 is 10.1 Å². The third-order valence-electron chi connectivity index (χ3n) is 5.51. The van der Waals surface area contributed by atoms with E-state index in [4.69, 9.17) is 16.7 Å². The van der Waals surface area contributed by atoms with E-state index in [9.17, 15) is 5.21 Å². The maximum atomic E-state index is 9.35. The lowest BCUT2D eigenvalue weighted by Gasteiger charge is -2.34. The van der Waals surface area contributed by atoms with Crippen LogP contribution in [-0.4, -0.2) is 44.2 Å². The Balaban J connectivity index is 1.77. The van der Waals surface area contributed by atoms with Crippen LogP contribution in [0.1, 0.15) is 37.8 Å². The van der Waals surface area contributed by atoms with Crippen molar-refractivity contribution < 1.29 is 5.21 Å². The maximum absolute atomic E-state index is 9.35. The molecule has 0 spiro atoms. The molecule has 0 amide bonds. The molecule has 4 rings (SSSR count). The van der Waals surface area contributed by atoms with Gasteiger partial charge in [0, 0.05) is 59.7 Å². The van der Waals surface area contributed by atoms with E-state index in [2.05, 4.69) is 20.1 Å². The van der Waals surface area contributed by atoms with Crippen molar-refractivity contribution in [3.05, 3.63) is 59.5 Å². The summed E-state index contributed by atoms with van der Waals surface area (Å²) in [5.41, 5.74) is 5.21. The highest BCUT2D eigenvalue weighted by molar-refractivity contribution is 6.30. The summed E-state index contributed by atoms with van der Waals surface area (Å²) in [6.45, 7) is 3.72. The molecule has 1 aliphatic rings. The van der Waals surface area contributed by atoms with Gasteiger partial charge in [0.1, 0.15) is 11.5 Å². The first-order valence-electron chi connectivity index (χ1n) is 9.91. The van der Waals surface area contributed by atoms with Crippen molar-refractivity contribution in [1.82, 2.24) is 20.1 Å². The molecule has 29 heavy (non-hydrogen) atoms. The number of hydrogen-bond donors (Lipinski definition) is 2. The summed E-state index contributed by atoms with van der Waals surface area (Å²) >= 11 is 6.08. The summed E-state index contributed by atoms with van der Waals surface area (Å²) in [5, 5.41) is 21.6. The van der Waals surface area contributed by atoms with E-state index in [0.717, 1.165) is 59.8 Å². The van der Waals surface area contributed by atoms with Crippen LogP contribution in [0.25, 0.3) is 22.4 Å². The van der Waals surface area contributed by atoms with Gasteiger partial charge in [-0.15, -0.1) is 0 Å². The number of aromatic nitrogens is 3. The van der Waals surface area contributed by atoms with Crippen LogP contribution in [0.3, 0.4) is 0 Å². The Bertz CT molecular complexity index is 984. The molecule has 1 fully saturated rings. The van der Waals surface area contributed by atoms with E-state index in [0.29, 0.717) is 11.4 Å². The van der Waals surface area contributed by atoms with Crippen molar-refractivity contribution >= 4 is 17.4 Å². The summed E-state index contributed by atoms with van der Waals surface area (Å²) in [5.74, 6) is 1.00. The maximum Gasteiger partial charge on any atom is 0.144 e. The minimum Gasteiger partial charge on any atom is -0.409 e. The van der Waals surface area contributed by atoms with Crippen molar-refractivity contribution in [2.45, 2.75) is 32.1 Å². The summed E-state index contributed by atoms with van der Waals surface area (Å²) in [7, 11) is 0. The van der Waals surface area contributed by atoms with Gasteiger partial charge in [0.25, 0.3) is 0 Å². The van der Waals surface area contributed by atoms with Crippen LogP contribution in [0.2, 0.25) is 5.02 Å². The molecule has 1 aliphatic heterocycles. The molecule has 1 unspecified atom stereocenters. The fourth-order valence-corrected chi connectivity index (χ4v) is 4.21. The van der Waals surface area contributed by atoms with Gasteiger partial charge >= 0.3 is 0 Å². The highest BCUT2D eigenvalue weighted by Gasteiger charge is 2.28. The first kappa shape index (κ1) is 19.5. The SMILES string of the molecule is CC/C(=N\O)N1CCCC(c2[nH]nc(-c3ccc(Cl)cc3)c2-c2ccncc2)C1. The highest BCUT2D eigenvalue weighted by Crippen LogP contribution is 2.39. The van der Waals surface area contributed by atoms with E-state index < -0.39 is 0 Å². The molecule has 3 aromatic rings. The van der Waals surface area contributed by atoms with Gasteiger partial charge in [-0.05, 0) is 42.7 Å².